The zero-order valence-electron chi connectivity index (χ0n) is 10.7. The van der Waals surface area contributed by atoms with E-state index in [1.54, 1.807) is 0 Å². The molecule has 0 saturated carbocycles. The van der Waals surface area contributed by atoms with Crippen LogP contribution in [-0.2, 0) is 13.5 Å². The third kappa shape index (κ3) is 3.30. The van der Waals surface area contributed by atoms with Gasteiger partial charge in [-0.25, -0.2) is 4.98 Å². The minimum atomic E-state index is 0.323. The highest BCUT2D eigenvalue weighted by molar-refractivity contribution is 4.92. The summed E-state index contributed by atoms with van der Waals surface area (Å²) in [5, 5.41) is 8.90. The highest BCUT2D eigenvalue weighted by Crippen LogP contribution is 2.21. The number of hydrogen-bond donors (Lipinski definition) is 1. The van der Waals surface area contributed by atoms with Gasteiger partial charge in [0.1, 0.15) is 5.82 Å². The highest BCUT2D eigenvalue weighted by atomic mass is 16.2. The molecule has 0 bridgehead atoms. The number of aryl methyl sites for hydroxylation is 1. The fraction of sp³-hybridized carbons (Fsp3) is 0.769. The van der Waals surface area contributed by atoms with Gasteiger partial charge < -0.3 is 9.67 Å². The number of nitrogens with zero attached hydrogens (tertiary/aromatic N) is 3. The SMILES string of the molecule is Cn1ccnc1CCN1CCCC1CCCO. The van der Waals surface area contributed by atoms with Crippen LogP contribution < -0.4 is 0 Å². The average molecular weight is 237 g/mol. The van der Waals surface area contributed by atoms with E-state index in [1.807, 2.05) is 12.4 Å². The van der Waals surface area contributed by atoms with Crippen LogP contribution in [0.5, 0.6) is 0 Å². The van der Waals surface area contributed by atoms with Crippen molar-refractivity contribution < 1.29 is 5.11 Å². The van der Waals surface area contributed by atoms with E-state index in [0.29, 0.717) is 12.6 Å². The molecule has 1 aliphatic rings. The Morgan fingerprint density at radius 1 is 1.53 bits per heavy atom. The molecule has 2 heterocycles. The molecule has 1 fully saturated rings. The predicted molar refractivity (Wildman–Crippen MR) is 67.8 cm³/mol. The Balaban J connectivity index is 1.80. The number of aliphatic hydroxyl groups excluding tert-OH is 1. The lowest BCUT2D eigenvalue weighted by atomic mass is 10.1. The van der Waals surface area contributed by atoms with Crippen molar-refractivity contribution in [1.29, 1.82) is 0 Å². The summed E-state index contributed by atoms with van der Waals surface area (Å²) in [6, 6.07) is 0.683. The highest BCUT2D eigenvalue weighted by Gasteiger charge is 2.23. The second-order valence-corrected chi connectivity index (χ2v) is 4.90. The second kappa shape index (κ2) is 6.17. The van der Waals surface area contributed by atoms with Gasteiger partial charge in [0.25, 0.3) is 0 Å². The van der Waals surface area contributed by atoms with E-state index in [1.165, 1.54) is 19.4 Å². The van der Waals surface area contributed by atoms with Crippen LogP contribution in [0.2, 0.25) is 0 Å². The van der Waals surface area contributed by atoms with Gasteiger partial charge in [-0.2, -0.15) is 0 Å². The van der Waals surface area contributed by atoms with Gasteiger partial charge in [-0.05, 0) is 32.2 Å². The molecule has 1 saturated heterocycles. The summed E-state index contributed by atoms with van der Waals surface area (Å²) >= 11 is 0. The molecule has 1 aromatic rings. The molecule has 1 aromatic heterocycles. The van der Waals surface area contributed by atoms with Gasteiger partial charge in [0.05, 0.1) is 0 Å². The zero-order chi connectivity index (χ0) is 12.1. The Hall–Kier alpha value is -0.870. The van der Waals surface area contributed by atoms with E-state index in [0.717, 1.165) is 31.6 Å². The summed E-state index contributed by atoms with van der Waals surface area (Å²) in [5.74, 6) is 1.16. The van der Waals surface area contributed by atoms with Crippen LogP contribution in [-0.4, -0.2) is 45.3 Å². The van der Waals surface area contributed by atoms with E-state index in [-0.39, 0.29) is 0 Å². The van der Waals surface area contributed by atoms with Crippen LogP contribution in [0.25, 0.3) is 0 Å². The first-order valence-corrected chi connectivity index (χ1v) is 6.62. The van der Waals surface area contributed by atoms with E-state index >= 15 is 0 Å². The van der Waals surface area contributed by atoms with Crippen molar-refractivity contribution in [3.8, 4) is 0 Å². The van der Waals surface area contributed by atoms with E-state index < -0.39 is 0 Å². The molecule has 0 spiro atoms. The van der Waals surface area contributed by atoms with E-state index in [9.17, 15) is 0 Å². The summed E-state index contributed by atoms with van der Waals surface area (Å²) in [7, 11) is 2.05. The molecule has 1 atom stereocenters. The Morgan fingerprint density at radius 2 is 2.41 bits per heavy atom. The molecule has 0 radical (unpaired) electrons. The normalized spacial score (nSPS) is 21.2. The van der Waals surface area contributed by atoms with Crippen molar-refractivity contribution in [3.63, 3.8) is 0 Å². The van der Waals surface area contributed by atoms with Crippen molar-refractivity contribution in [2.24, 2.45) is 7.05 Å². The van der Waals surface area contributed by atoms with Gasteiger partial charge in [-0.15, -0.1) is 0 Å². The van der Waals surface area contributed by atoms with Crippen molar-refractivity contribution >= 4 is 0 Å². The van der Waals surface area contributed by atoms with Gasteiger partial charge in [-0.3, -0.25) is 4.90 Å². The van der Waals surface area contributed by atoms with Crippen molar-refractivity contribution in [1.82, 2.24) is 14.5 Å². The van der Waals surface area contributed by atoms with Gasteiger partial charge in [-0.1, -0.05) is 0 Å². The van der Waals surface area contributed by atoms with Crippen molar-refractivity contribution in [2.45, 2.75) is 38.1 Å². The van der Waals surface area contributed by atoms with Crippen LogP contribution in [0.1, 0.15) is 31.5 Å². The maximum atomic E-state index is 8.90. The largest absolute Gasteiger partial charge is 0.396 e. The second-order valence-electron chi connectivity index (χ2n) is 4.90. The maximum Gasteiger partial charge on any atom is 0.109 e. The van der Waals surface area contributed by atoms with Crippen molar-refractivity contribution in [3.05, 3.63) is 18.2 Å². The molecule has 4 heteroatoms. The first kappa shape index (κ1) is 12.6. The molecular weight excluding hydrogens is 214 g/mol. The first-order valence-electron chi connectivity index (χ1n) is 6.62. The molecule has 0 aliphatic carbocycles. The molecule has 0 amide bonds. The van der Waals surface area contributed by atoms with Gasteiger partial charge >= 0.3 is 0 Å². The van der Waals surface area contributed by atoms with Crippen LogP contribution >= 0.6 is 0 Å². The van der Waals surface area contributed by atoms with Crippen LogP contribution in [0, 0.1) is 0 Å². The molecular formula is C13H23N3O. The van der Waals surface area contributed by atoms with Crippen LogP contribution in [0.4, 0.5) is 0 Å². The molecule has 1 unspecified atom stereocenters. The summed E-state index contributed by atoms with van der Waals surface area (Å²) in [6.45, 7) is 2.63. The Labute approximate surface area is 103 Å². The Bertz CT molecular complexity index is 337. The third-order valence-corrected chi connectivity index (χ3v) is 3.74. The Morgan fingerprint density at radius 3 is 3.12 bits per heavy atom. The number of imidazole rings is 1. The Kier molecular flexibility index (Phi) is 4.57. The molecule has 17 heavy (non-hydrogen) atoms. The van der Waals surface area contributed by atoms with Gasteiger partial charge in [0, 0.05) is 45.1 Å². The standard InChI is InChI=1S/C13H23N3O/c1-15-10-7-14-13(15)6-9-16-8-2-4-12(16)5-3-11-17/h7,10,12,17H,2-6,8-9,11H2,1H3. The predicted octanol–water partition coefficient (Wildman–Crippen LogP) is 1.20. The molecule has 2 rings (SSSR count). The summed E-state index contributed by atoms with van der Waals surface area (Å²) < 4.78 is 2.10. The topological polar surface area (TPSA) is 41.3 Å². The first-order chi connectivity index (χ1) is 8.31. The number of rotatable bonds is 6. The van der Waals surface area contributed by atoms with E-state index in [2.05, 4.69) is 21.5 Å². The molecule has 1 aliphatic heterocycles. The summed E-state index contributed by atoms with van der Waals surface area (Å²) in [5.41, 5.74) is 0. The van der Waals surface area contributed by atoms with Crippen LogP contribution in [0.15, 0.2) is 12.4 Å². The maximum absolute atomic E-state index is 8.90. The smallest absolute Gasteiger partial charge is 0.109 e. The minimum Gasteiger partial charge on any atom is -0.396 e. The monoisotopic (exact) mass is 237 g/mol. The number of aliphatic hydroxyl groups is 1. The average Bonchev–Trinajstić information content (AvgIpc) is 2.93. The number of hydrogen-bond acceptors (Lipinski definition) is 3. The summed E-state index contributed by atoms with van der Waals surface area (Å²) in [6.07, 6.45) is 9.56. The molecule has 0 aromatic carbocycles. The van der Waals surface area contributed by atoms with Gasteiger partial charge in [0.2, 0.25) is 0 Å². The third-order valence-electron chi connectivity index (χ3n) is 3.74. The van der Waals surface area contributed by atoms with Gasteiger partial charge in [0.15, 0.2) is 0 Å². The molecule has 1 N–H and O–H groups in total. The minimum absolute atomic E-state index is 0.323. The fourth-order valence-electron chi connectivity index (χ4n) is 2.72. The van der Waals surface area contributed by atoms with Crippen LogP contribution in [0.3, 0.4) is 0 Å². The lowest BCUT2D eigenvalue weighted by Gasteiger charge is -2.24. The quantitative estimate of drug-likeness (QED) is 0.808. The lowest BCUT2D eigenvalue weighted by molar-refractivity contribution is 0.216. The fourth-order valence-corrected chi connectivity index (χ4v) is 2.72. The summed E-state index contributed by atoms with van der Waals surface area (Å²) in [4.78, 5) is 6.92. The molecule has 96 valence electrons. The number of likely N-dealkylation sites (tertiary alicyclic amines) is 1. The molecule has 4 nitrogen and oxygen atoms in total. The van der Waals surface area contributed by atoms with Crippen molar-refractivity contribution in [2.75, 3.05) is 19.7 Å². The zero-order valence-corrected chi connectivity index (χ0v) is 10.7. The number of aromatic nitrogens is 2. The van der Waals surface area contributed by atoms with E-state index in [4.69, 9.17) is 5.11 Å². The lowest BCUT2D eigenvalue weighted by Crippen LogP contribution is -2.31.